The monoisotopic (exact) mass is 465 g/mol. The summed E-state index contributed by atoms with van der Waals surface area (Å²) >= 11 is 0. The minimum absolute atomic E-state index is 0.0977. The molecule has 0 aliphatic heterocycles. The molecule has 4 aromatic carbocycles. The van der Waals surface area contributed by atoms with E-state index in [1.165, 1.54) is 12.1 Å². The number of hydrogen-bond acceptors (Lipinski definition) is 4. The zero-order chi connectivity index (χ0) is 24.5. The Hall–Kier alpha value is -4.78. The molecule has 0 fully saturated rings. The molecule has 35 heavy (non-hydrogen) atoms. The lowest BCUT2D eigenvalue weighted by atomic mass is 9.99. The Bertz CT molecular complexity index is 1580. The summed E-state index contributed by atoms with van der Waals surface area (Å²) in [6.07, 6.45) is 0. The van der Waals surface area contributed by atoms with Gasteiger partial charge in [0.15, 0.2) is 0 Å². The van der Waals surface area contributed by atoms with E-state index in [2.05, 4.69) is 9.97 Å². The molecule has 0 radical (unpaired) electrons. The van der Waals surface area contributed by atoms with E-state index in [0.717, 1.165) is 39.4 Å². The molecule has 1 amide bonds. The molecule has 0 aliphatic rings. The fraction of sp³-hybridized carbons (Fsp3) is 0.0714. The van der Waals surface area contributed by atoms with Crippen molar-refractivity contribution in [2.24, 2.45) is 0 Å². The molecule has 5 rings (SSSR count). The van der Waals surface area contributed by atoms with Crippen molar-refractivity contribution in [1.82, 2.24) is 9.97 Å². The van der Waals surface area contributed by atoms with Crippen molar-refractivity contribution in [3.05, 3.63) is 112 Å². The summed E-state index contributed by atoms with van der Waals surface area (Å²) in [6.45, 7) is 2.28. The molecule has 4 N–H and O–H groups in total. The zero-order valence-corrected chi connectivity index (χ0v) is 18.9. The Kier molecular flexibility index (Phi) is 5.58. The number of phenolic OH excluding ortho intramolecular Hbond substituents is 2. The summed E-state index contributed by atoms with van der Waals surface area (Å²) in [4.78, 5) is 32.3. The number of nitrogens with one attached hydrogen (secondary N) is 2. The van der Waals surface area contributed by atoms with Gasteiger partial charge in [-0.3, -0.25) is 4.79 Å². The number of amides is 1. The first-order valence-electron chi connectivity index (χ1n) is 11.1. The number of hydrogen-bond donors (Lipinski definition) is 4. The SMILES string of the molecule is Cc1cc2[nH]c(=O)[nH]c2cc1-c1ccc(N(Cc2ccccc2)C(=O)c2ccc(O)cc2O)cc1. The third kappa shape index (κ3) is 4.39. The molecule has 0 saturated heterocycles. The average molecular weight is 466 g/mol. The number of H-pyrrole nitrogens is 2. The number of carbonyl (C=O) groups is 1. The number of carbonyl (C=O) groups excluding carboxylic acids is 1. The van der Waals surface area contributed by atoms with Crippen LogP contribution in [0.15, 0.2) is 89.7 Å². The van der Waals surface area contributed by atoms with Crippen molar-refractivity contribution < 1.29 is 15.0 Å². The number of aromatic amines is 2. The smallest absolute Gasteiger partial charge is 0.323 e. The number of anilines is 1. The number of fused-ring (bicyclic) bond motifs is 1. The number of aryl methyl sites for hydroxylation is 1. The van der Waals surface area contributed by atoms with Crippen LogP contribution in [0.1, 0.15) is 21.5 Å². The Morgan fingerprint density at radius 3 is 2.23 bits per heavy atom. The number of aromatic nitrogens is 2. The second-order valence-electron chi connectivity index (χ2n) is 8.42. The summed E-state index contributed by atoms with van der Waals surface area (Å²) in [5.41, 5.74) is 5.83. The zero-order valence-electron chi connectivity index (χ0n) is 18.9. The normalized spacial score (nSPS) is 11.0. The number of benzene rings is 4. The van der Waals surface area contributed by atoms with Gasteiger partial charge in [0.25, 0.3) is 5.91 Å². The highest BCUT2D eigenvalue weighted by Gasteiger charge is 2.21. The van der Waals surface area contributed by atoms with E-state index in [9.17, 15) is 19.8 Å². The molecule has 0 bridgehead atoms. The van der Waals surface area contributed by atoms with Gasteiger partial charge in [0.2, 0.25) is 0 Å². The van der Waals surface area contributed by atoms with Gasteiger partial charge in [-0.1, -0.05) is 42.5 Å². The predicted octanol–water partition coefficient (Wildman–Crippen LogP) is 5.09. The number of phenols is 2. The lowest BCUT2D eigenvalue weighted by Crippen LogP contribution is -2.30. The van der Waals surface area contributed by atoms with Gasteiger partial charge in [-0.15, -0.1) is 0 Å². The second kappa shape index (κ2) is 8.87. The summed E-state index contributed by atoms with van der Waals surface area (Å²) < 4.78 is 0. The van der Waals surface area contributed by atoms with Crippen molar-refractivity contribution in [2.75, 3.05) is 4.90 Å². The van der Waals surface area contributed by atoms with Crippen LogP contribution in [0.4, 0.5) is 5.69 Å². The van der Waals surface area contributed by atoms with Crippen molar-refractivity contribution in [2.45, 2.75) is 13.5 Å². The van der Waals surface area contributed by atoms with Gasteiger partial charge in [0.1, 0.15) is 11.5 Å². The van der Waals surface area contributed by atoms with Crippen LogP contribution < -0.4 is 10.6 Å². The summed E-state index contributed by atoms with van der Waals surface area (Å²) in [7, 11) is 0. The maximum absolute atomic E-state index is 13.5. The van der Waals surface area contributed by atoms with Crippen molar-refractivity contribution in [3.63, 3.8) is 0 Å². The Morgan fingerprint density at radius 1 is 0.857 bits per heavy atom. The summed E-state index contributed by atoms with van der Waals surface area (Å²) in [5, 5.41) is 19.9. The Balaban J connectivity index is 1.53. The van der Waals surface area contributed by atoms with E-state index in [1.54, 1.807) is 4.90 Å². The van der Waals surface area contributed by atoms with Gasteiger partial charge in [0.05, 0.1) is 23.1 Å². The van der Waals surface area contributed by atoms with Gasteiger partial charge >= 0.3 is 5.69 Å². The first kappa shape index (κ1) is 22.0. The number of rotatable bonds is 5. The first-order chi connectivity index (χ1) is 16.9. The topological polar surface area (TPSA) is 109 Å². The molecular formula is C28H23N3O4. The van der Waals surface area contributed by atoms with Gasteiger partial charge in [-0.05, 0) is 65.6 Å². The van der Waals surface area contributed by atoms with E-state index in [0.29, 0.717) is 12.2 Å². The van der Waals surface area contributed by atoms with Crippen LogP contribution in [-0.4, -0.2) is 26.1 Å². The quantitative estimate of drug-likeness (QED) is 0.290. The molecule has 0 spiro atoms. The second-order valence-corrected chi connectivity index (χ2v) is 8.42. The Labute approximate surface area is 200 Å². The van der Waals surface area contributed by atoms with Gasteiger partial charge < -0.3 is 25.1 Å². The van der Waals surface area contributed by atoms with Crippen LogP contribution in [0.3, 0.4) is 0 Å². The fourth-order valence-electron chi connectivity index (χ4n) is 4.22. The minimum Gasteiger partial charge on any atom is -0.508 e. The molecule has 7 heteroatoms. The highest BCUT2D eigenvalue weighted by molar-refractivity contribution is 6.08. The largest absolute Gasteiger partial charge is 0.508 e. The molecule has 7 nitrogen and oxygen atoms in total. The molecular weight excluding hydrogens is 442 g/mol. The third-order valence-corrected chi connectivity index (χ3v) is 5.99. The molecule has 0 unspecified atom stereocenters. The molecule has 0 saturated carbocycles. The van der Waals surface area contributed by atoms with Gasteiger partial charge in [-0.25, -0.2) is 4.79 Å². The van der Waals surface area contributed by atoms with Crippen LogP contribution >= 0.6 is 0 Å². The van der Waals surface area contributed by atoms with E-state index in [1.807, 2.05) is 73.7 Å². The predicted molar refractivity (Wildman–Crippen MR) is 136 cm³/mol. The number of imidazole rings is 1. The third-order valence-electron chi connectivity index (χ3n) is 5.99. The molecule has 0 aliphatic carbocycles. The van der Waals surface area contributed by atoms with Crippen LogP contribution in [0.5, 0.6) is 11.5 Å². The van der Waals surface area contributed by atoms with E-state index in [4.69, 9.17) is 0 Å². The lowest BCUT2D eigenvalue weighted by molar-refractivity contribution is 0.0982. The maximum Gasteiger partial charge on any atom is 0.323 e. The van der Waals surface area contributed by atoms with Crippen molar-refractivity contribution in [1.29, 1.82) is 0 Å². The average Bonchev–Trinajstić information content (AvgIpc) is 3.21. The highest BCUT2D eigenvalue weighted by atomic mass is 16.3. The molecule has 0 atom stereocenters. The maximum atomic E-state index is 13.5. The molecule has 1 heterocycles. The molecule has 174 valence electrons. The molecule has 5 aromatic rings. The van der Waals surface area contributed by atoms with Gasteiger partial charge in [0, 0.05) is 11.8 Å². The van der Waals surface area contributed by atoms with Crippen molar-refractivity contribution in [3.8, 4) is 22.6 Å². The minimum atomic E-state index is -0.387. The molecule has 1 aromatic heterocycles. The van der Waals surface area contributed by atoms with Crippen LogP contribution in [-0.2, 0) is 6.54 Å². The number of nitrogens with zero attached hydrogens (tertiary/aromatic N) is 1. The van der Waals surface area contributed by atoms with E-state index >= 15 is 0 Å². The van der Waals surface area contributed by atoms with Crippen molar-refractivity contribution >= 4 is 22.6 Å². The van der Waals surface area contributed by atoms with Crippen LogP contribution in [0, 0.1) is 6.92 Å². The standard InChI is InChI=1S/C28H23N3O4/c1-17-13-24-25(30-28(35)29-24)15-23(17)19-7-9-20(10-8-19)31(16-18-5-3-2-4-6-18)27(34)22-12-11-21(32)14-26(22)33/h2-15,32-33H,16H2,1H3,(H2,29,30,35). The van der Waals surface area contributed by atoms with Crippen LogP contribution in [0.25, 0.3) is 22.2 Å². The lowest BCUT2D eigenvalue weighted by Gasteiger charge is -2.24. The van der Waals surface area contributed by atoms with E-state index in [-0.39, 0.29) is 28.7 Å². The first-order valence-corrected chi connectivity index (χ1v) is 11.1. The fourth-order valence-corrected chi connectivity index (χ4v) is 4.22. The Morgan fingerprint density at radius 2 is 1.54 bits per heavy atom. The van der Waals surface area contributed by atoms with E-state index < -0.39 is 0 Å². The highest BCUT2D eigenvalue weighted by Crippen LogP contribution is 2.31. The van der Waals surface area contributed by atoms with Crippen LogP contribution in [0.2, 0.25) is 0 Å². The summed E-state index contributed by atoms with van der Waals surface area (Å²) in [6, 6.07) is 25.0. The van der Waals surface area contributed by atoms with Gasteiger partial charge in [-0.2, -0.15) is 0 Å². The summed E-state index contributed by atoms with van der Waals surface area (Å²) in [5.74, 6) is -0.787. The number of aromatic hydroxyl groups is 2.